The Morgan fingerprint density at radius 1 is 1.03 bits per heavy atom. The first kappa shape index (κ1) is 48.9. The van der Waals surface area contributed by atoms with E-state index in [1.165, 1.54) is 17.9 Å². The van der Waals surface area contributed by atoms with Crippen LogP contribution in [-0.4, -0.2) is 138 Å². The maximum atomic E-state index is 13.2. The van der Waals surface area contributed by atoms with Gasteiger partial charge in [-0.25, -0.2) is 9.59 Å². The third-order valence-electron chi connectivity index (χ3n) is 10.5. The second-order valence-electron chi connectivity index (χ2n) is 16.2. The van der Waals surface area contributed by atoms with Gasteiger partial charge in [-0.3, -0.25) is 19.2 Å². The van der Waals surface area contributed by atoms with E-state index in [0.717, 1.165) is 49.1 Å². The summed E-state index contributed by atoms with van der Waals surface area (Å²) in [6.07, 6.45) is 2.81. The molecular weight excluding hydrogens is 849 g/mol. The molecule has 0 aliphatic carbocycles. The molecule has 0 unspecified atom stereocenters. The van der Waals surface area contributed by atoms with Crippen LogP contribution in [0.5, 0.6) is 11.6 Å². The van der Waals surface area contributed by atoms with E-state index >= 15 is 0 Å². The second kappa shape index (κ2) is 22.5. The van der Waals surface area contributed by atoms with Crippen molar-refractivity contribution in [2.75, 3.05) is 82.5 Å². The molecule has 3 aliphatic rings. The standard InChI is InChI=1S/C44H58N8O11S/c1-9-50(10-2)16-15-45-41(57)32-21-27(3)36(46-28(32)4)23-34-33-22-30(11-12-35(33)47-42(34)58)62-38(55)13-14-39(56)63-31(24-52(44(6,7)8)37(54)26-60-29(5)53)25-61-43-40(48-64-49-43)51-17-19-59-20-18-51/h11-14,22-23,31,46H,9-10,15-21,24-26H2,1-8H3,(H,45,57)(H,47,58)/b14-13+,34-23-/t31-/m0/s1. The predicted molar refractivity (Wildman–Crippen MR) is 238 cm³/mol. The summed E-state index contributed by atoms with van der Waals surface area (Å²) >= 11 is 0.955. The summed E-state index contributed by atoms with van der Waals surface area (Å²) in [7, 11) is 0. The Labute approximate surface area is 377 Å². The van der Waals surface area contributed by atoms with E-state index in [-0.39, 0.29) is 36.6 Å². The van der Waals surface area contributed by atoms with E-state index in [4.69, 9.17) is 23.7 Å². The van der Waals surface area contributed by atoms with E-state index in [1.807, 2.05) is 18.7 Å². The molecule has 5 rings (SSSR count). The number of anilines is 2. The fraction of sp³-hybridized carbons (Fsp3) is 0.500. The van der Waals surface area contributed by atoms with Gasteiger partial charge in [0.15, 0.2) is 12.7 Å². The van der Waals surface area contributed by atoms with Gasteiger partial charge in [0.25, 0.3) is 17.7 Å². The van der Waals surface area contributed by atoms with Crippen LogP contribution < -0.4 is 30.3 Å². The van der Waals surface area contributed by atoms with Crippen molar-refractivity contribution in [3.8, 4) is 11.6 Å². The van der Waals surface area contributed by atoms with Crippen LogP contribution in [0, 0.1) is 0 Å². The Hall–Kier alpha value is -6.12. The summed E-state index contributed by atoms with van der Waals surface area (Å²) < 4.78 is 36.3. The first-order valence-corrected chi connectivity index (χ1v) is 21.9. The maximum Gasteiger partial charge on any atom is 0.336 e. The number of rotatable bonds is 19. The number of dihydropyridines is 1. The minimum absolute atomic E-state index is 0.109. The molecule has 1 atom stereocenters. The molecule has 346 valence electrons. The summed E-state index contributed by atoms with van der Waals surface area (Å²) in [4.78, 5) is 82.8. The van der Waals surface area contributed by atoms with Gasteiger partial charge in [0, 0.05) is 85.4 Å². The number of likely N-dealkylation sites (N-methyl/N-ethyl adjacent to an activating group) is 1. The number of morpholine rings is 1. The number of amides is 3. The lowest BCUT2D eigenvalue weighted by Crippen LogP contribution is -2.52. The molecule has 20 heteroatoms. The smallest absolute Gasteiger partial charge is 0.336 e. The fourth-order valence-electron chi connectivity index (χ4n) is 6.99. The molecule has 1 aromatic carbocycles. The number of nitrogens with one attached hydrogen (secondary N) is 3. The van der Waals surface area contributed by atoms with Crippen LogP contribution in [-0.2, 0) is 43.0 Å². The number of aromatic nitrogens is 2. The molecule has 64 heavy (non-hydrogen) atoms. The zero-order chi connectivity index (χ0) is 46.6. The number of carbonyl (C=O) groups excluding carboxylic acids is 6. The summed E-state index contributed by atoms with van der Waals surface area (Å²) in [5.41, 5.74) is 3.36. The van der Waals surface area contributed by atoms with Crippen LogP contribution in [0.25, 0.3) is 5.57 Å². The monoisotopic (exact) mass is 906 g/mol. The number of carbonyl (C=O) groups is 6. The molecule has 1 saturated heterocycles. The molecular formula is C44H58N8O11S. The predicted octanol–water partition coefficient (Wildman–Crippen LogP) is 3.35. The van der Waals surface area contributed by atoms with E-state index in [9.17, 15) is 28.8 Å². The number of ether oxygens (including phenoxy) is 5. The van der Waals surface area contributed by atoms with Crippen molar-refractivity contribution in [2.24, 2.45) is 0 Å². The van der Waals surface area contributed by atoms with Crippen LogP contribution in [0.2, 0.25) is 0 Å². The third-order valence-corrected chi connectivity index (χ3v) is 11.0. The van der Waals surface area contributed by atoms with Crippen molar-refractivity contribution >= 4 is 64.4 Å². The maximum absolute atomic E-state index is 13.2. The zero-order valence-corrected chi connectivity index (χ0v) is 38.5. The summed E-state index contributed by atoms with van der Waals surface area (Å²) in [5.74, 6) is -2.66. The average molecular weight is 907 g/mol. The molecule has 0 spiro atoms. The Morgan fingerprint density at radius 2 is 1.75 bits per heavy atom. The lowest BCUT2D eigenvalue weighted by atomic mass is 9.96. The lowest BCUT2D eigenvalue weighted by Gasteiger charge is -2.37. The number of hydrogen-bond donors (Lipinski definition) is 3. The van der Waals surface area contributed by atoms with Crippen molar-refractivity contribution in [3.63, 3.8) is 0 Å². The lowest BCUT2D eigenvalue weighted by molar-refractivity contribution is -0.157. The Morgan fingerprint density at radius 3 is 2.44 bits per heavy atom. The molecule has 3 amide bonds. The van der Waals surface area contributed by atoms with Gasteiger partial charge >= 0.3 is 17.9 Å². The number of benzene rings is 1. The molecule has 0 saturated carbocycles. The Bertz CT molecular complexity index is 2200. The molecule has 1 fully saturated rings. The highest BCUT2D eigenvalue weighted by atomic mass is 32.1. The van der Waals surface area contributed by atoms with E-state index < -0.39 is 42.1 Å². The van der Waals surface area contributed by atoms with Gasteiger partial charge in [-0.15, -0.1) is 4.37 Å². The summed E-state index contributed by atoms with van der Waals surface area (Å²) in [5, 5.41) is 9.12. The highest BCUT2D eigenvalue weighted by Crippen LogP contribution is 2.36. The van der Waals surface area contributed by atoms with Gasteiger partial charge in [0.05, 0.1) is 37.1 Å². The van der Waals surface area contributed by atoms with Crippen molar-refractivity contribution in [3.05, 3.63) is 64.5 Å². The molecule has 1 aromatic heterocycles. The van der Waals surface area contributed by atoms with Gasteiger partial charge in [-0.05, 0) is 77.6 Å². The van der Waals surface area contributed by atoms with Gasteiger partial charge < -0.3 is 54.3 Å². The van der Waals surface area contributed by atoms with Gasteiger partial charge in [-0.1, -0.05) is 13.8 Å². The van der Waals surface area contributed by atoms with Crippen LogP contribution >= 0.6 is 11.7 Å². The number of fused-ring (bicyclic) bond motifs is 1. The van der Waals surface area contributed by atoms with Crippen molar-refractivity contribution in [1.29, 1.82) is 0 Å². The van der Waals surface area contributed by atoms with Crippen LogP contribution in [0.3, 0.4) is 0 Å². The number of nitrogens with zero attached hydrogens (tertiary/aromatic N) is 5. The molecule has 3 N–H and O–H groups in total. The van der Waals surface area contributed by atoms with E-state index in [0.29, 0.717) is 78.9 Å². The number of allylic oxidation sites excluding steroid dienone is 3. The first-order valence-electron chi connectivity index (χ1n) is 21.1. The fourth-order valence-corrected chi connectivity index (χ4v) is 7.52. The van der Waals surface area contributed by atoms with Crippen LogP contribution in [0.15, 0.2) is 59.0 Å². The second-order valence-corrected chi connectivity index (χ2v) is 16.7. The minimum atomic E-state index is -1.08. The quantitative estimate of drug-likeness (QED) is 0.105. The largest absolute Gasteiger partial charge is 0.470 e. The van der Waals surface area contributed by atoms with Crippen molar-refractivity contribution in [2.45, 2.75) is 73.5 Å². The number of esters is 3. The van der Waals surface area contributed by atoms with E-state index in [2.05, 4.69) is 43.4 Å². The molecule has 0 bridgehead atoms. The third kappa shape index (κ3) is 13.4. The Balaban J connectivity index is 1.25. The zero-order valence-electron chi connectivity index (χ0n) is 37.7. The van der Waals surface area contributed by atoms with Gasteiger partial charge in [0.2, 0.25) is 11.7 Å². The first-order chi connectivity index (χ1) is 30.5. The van der Waals surface area contributed by atoms with Crippen molar-refractivity contribution < 1.29 is 52.5 Å². The van der Waals surface area contributed by atoms with Crippen LogP contribution in [0.1, 0.15) is 67.4 Å². The van der Waals surface area contributed by atoms with Gasteiger partial charge in [-0.2, -0.15) is 4.37 Å². The SMILES string of the molecule is CCN(CC)CCNC(=O)C1=C(C)NC(/C=C2\C(=O)Nc3ccc(OC(=O)/C=C/C(=O)O[C@H](COc4nsnc4N4CCOCC4)CN(C(=O)COC(C)=O)C(C)(C)C)cc32)=C(C)C1. The van der Waals surface area contributed by atoms with Gasteiger partial charge in [0.1, 0.15) is 12.4 Å². The normalized spacial score (nSPS) is 16.4. The molecule has 3 aliphatic heterocycles. The summed E-state index contributed by atoms with van der Waals surface area (Å²) in [6.45, 7) is 18.7. The molecule has 0 radical (unpaired) electrons. The van der Waals surface area contributed by atoms with E-state index in [1.54, 1.807) is 39.0 Å². The Kier molecular flexibility index (Phi) is 17.2. The number of hydrogen-bond acceptors (Lipinski definition) is 17. The minimum Gasteiger partial charge on any atom is -0.470 e. The highest BCUT2D eigenvalue weighted by molar-refractivity contribution is 6.99. The van der Waals surface area contributed by atoms with Crippen molar-refractivity contribution in [1.82, 2.24) is 29.2 Å². The average Bonchev–Trinajstić information content (AvgIpc) is 3.85. The molecule has 19 nitrogen and oxygen atoms in total. The van der Waals surface area contributed by atoms with Crippen LogP contribution in [0.4, 0.5) is 11.5 Å². The highest BCUT2D eigenvalue weighted by Gasteiger charge is 2.32. The molecule has 4 heterocycles. The molecule has 2 aromatic rings. The topological polar surface area (TPSA) is 220 Å². The summed E-state index contributed by atoms with van der Waals surface area (Å²) in [6, 6.07) is 4.65.